The maximum Gasteiger partial charge on any atom is 0.253 e. The van der Waals surface area contributed by atoms with E-state index < -0.39 is 0 Å². The average molecular weight is 327 g/mol. The number of carbonyl (C=O) groups is 1. The minimum absolute atomic E-state index is 0.168. The van der Waals surface area contributed by atoms with Crippen LogP contribution in [0, 0.1) is 11.7 Å². The monoisotopic (exact) mass is 327 g/mol. The Morgan fingerprint density at radius 2 is 2.12 bits per heavy atom. The van der Waals surface area contributed by atoms with E-state index >= 15 is 0 Å². The van der Waals surface area contributed by atoms with Crippen LogP contribution in [0.2, 0.25) is 0 Å². The lowest BCUT2D eigenvalue weighted by Gasteiger charge is -2.32. The zero-order valence-electron chi connectivity index (χ0n) is 13.8. The fourth-order valence-corrected chi connectivity index (χ4v) is 3.04. The molecule has 3 rings (SSSR count). The Morgan fingerprint density at radius 3 is 2.88 bits per heavy atom. The molecule has 1 aromatic carbocycles. The normalized spacial score (nSPS) is 17.6. The molecule has 0 spiro atoms. The van der Waals surface area contributed by atoms with Gasteiger partial charge in [0.15, 0.2) is 0 Å². The molecule has 1 aliphatic heterocycles. The number of nitrogens with one attached hydrogen (secondary N) is 1. The van der Waals surface area contributed by atoms with E-state index in [0.29, 0.717) is 18.0 Å². The van der Waals surface area contributed by atoms with E-state index in [4.69, 9.17) is 0 Å². The highest BCUT2D eigenvalue weighted by molar-refractivity contribution is 5.94. The lowest BCUT2D eigenvalue weighted by Crippen LogP contribution is -2.34. The standard InChI is InChI=1S/C19H22FN3O/c1-14-3-2-8-23(13-14)18-9-16(11-21-12-18)19(24)22-10-15-4-6-17(20)7-5-15/h4-7,9,11-12,14H,2-3,8,10,13H2,1H3,(H,22,24). The van der Waals surface area contributed by atoms with Crippen LogP contribution in [0.3, 0.4) is 0 Å². The smallest absolute Gasteiger partial charge is 0.253 e. The van der Waals surface area contributed by atoms with E-state index in [2.05, 4.69) is 22.1 Å². The van der Waals surface area contributed by atoms with Crippen LogP contribution in [0.15, 0.2) is 42.7 Å². The highest BCUT2D eigenvalue weighted by atomic mass is 19.1. The molecule has 0 saturated carbocycles. The van der Waals surface area contributed by atoms with Gasteiger partial charge in [-0.1, -0.05) is 19.1 Å². The molecule has 1 aliphatic rings. The van der Waals surface area contributed by atoms with E-state index in [1.807, 2.05) is 12.3 Å². The Kier molecular flexibility index (Phi) is 5.08. The maximum atomic E-state index is 12.9. The van der Waals surface area contributed by atoms with Crippen LogP contribution in [0.25, 0.3) is 0 Å². The molecule has 0 aliphatic carbocycles. The molecule has 1 N–H and O–H groups in total. The number of hydrogen-bond donors (Lipinski definition) is 1. The van der Waals surface area contributed by atoms with Crippen LogP contribution in [-0.2, 0) is 6.54 Å². The lowest BCUT2D eigenvalue weighted by atomic mass is 10.00. The van der Waals surface area contributed by atoms with E-state index in [1.54, 1.807) is 18.3 Å². The van der Waals surface area contributed by atoms with E-state index in [-0.39, 0.29) is 11.7 Å². The number of nitrogens with zero attached hydrogens (tertiary/aromatic N) is 2. The van der Waals surface area contributed by atoms with Gasteiger partial charge in [0.05, 0.1) is 17.4 Å². The third-order valence-electron chi connectivity index (χ3n) is 4.37. The number of amides is 1. The number of aromatic nitrogens is 1. The van der Waals surface area contributed by atoms with Crippen LogP contribution in [0.4, 0.5) is 10.1 Å². The van der Waals surface area contributed by atoms with Crippen molar-refractivity contribution in [1.29, 1.82) is 0 Å². The summed E-state index contributed by atoms with van der Waals surface area (Å²) >= 11 is 0. The van der Waals surface area contributed by atoms with Crippen molar-refractivity contribution < 1.29 is 9.18 Å². The molecule has 1 saturated heterocycles. The van der Waals surface area contributed by atoms with Crippen molar-refractivity contribution in [3.05, 3.63) is 59.7 Å². The molecular formula is C19H22FN3O. The van der Waals surface area contributed by atoms with E-state index in [9.17, 15) is 9.18 Å². The van der Waals surface area contributed by atoms with Crippen LogP contribution in [0.5, 0.6) is 0 Å². The topological polar surface area (TPSA) is 45.2 Å². The number of benzene rings is 1. The van der Waals surface area contributed by atoms with Gasteiger partial charge in [-0.05, 0) is 42.5 Å². The number of pyridine rings is 1. The summed E-state index contributed by atoms with van der Waals surface area (Å²) in [6.45, 7) is 4.62. The van der Waals surface area contributed by atoms with Gasteiger partial charge in [0.25, 0.3) is 5.91 Å². The summed E-state index contributed by atoms with van der Waals surface area (Å²) in [7, 11) is 0. The molecule has 1 atom stereocenters. The molecule has 2 aromatic rings. The Hall–Kier alpha value is -2.43. The van der Waals surface area contributed by atoms with Crippen molar-refractivity contribution in [2.24, 2.45) is 5.92 Å². The first-order valence-electron chi connectivity index (χ1n) is 8.34. The number of hydrogen-bond acceptors (Lipinski definition) is 3. The summed E-state index contributed by atoms with van der Waals surface area (Å²) in [6, 6.07) is 8.01. The molecule has 2 heterocycles. The summed E-state index contributed by atoms with van der Waals surface area (Å²) in [6.07, 6.45) is 5.82. The molecule has 1 aromatic heterocycles. The SMILES string of the molecule is CC1CCCN(c2cncc(C(=O)NCc3ccc(F)cc3)c2)C1. The number of halogens is 1. The highest BCUT2D eigenvalue weighted by Gasteiger charge is 2.18. The first kappa shape index (κ1) is 16.4. The molecule has 1 unspecified atom stereocenters. The van der Waals surface area contributed by atoms with Crippen molar-refractivity contribution in [1.82, 2.24) is 10.3 Å². The van der Waals surface area contributed by atoms with Gasteiger partial charge in [-0.3, -0.25) is 9.78 Å². The highest BCUT2D eigenvalue weighted by Crippen LogP contribution is 2.22. The van der Waals surface area contributed by atoms with E-state index in [1.165, 1.54) is 25.0 Å². The Labute approximate surface area is 141 Å². The summed E-state index contributed by atoms with van der Waals surface area (Å²) in [5.74, 6) is 0.214. The zero-order valence-corrected chi connectivity index (χ0v) is 13.8. The zero-order chi connectivity index (χ0) is 16.9. The average Bonchev–Trinajstić information content (AvgIpc) is 2.61. The summed E-state index contributed by atoms with van der Waals surface area (Å²) in [5.41, 5.74) is 2.41. The minimum atomic E-state index is -0.280. The van der Waals surface area contributed by atoms with Gasteiger partial charge in [-0.2, -0.15) is 0 Å². The van der Waals surface area contributed by atoms with Gasteiger partial charge >= 0.3 is 0 Å². The Bertz CT molecular complexity index is 702. The van der Waals surface area contributed by atoms with Crippen molar-refractivity contribution >= 4 is 11.6 Å². The second-order valence-corrected chi connectivity index (χ2v) is 6.43. The van der Waals surface area contributed by atoms with Crippen molar-refractivity contribution in [3.8, 4) is 0 Å². The van der Waals surface area contributed by atoms with Gasteiger partial charge < -0.3 is 10.2 Å². The molecular weight excluding hydrogens is 305 g/mol. The van der Waals surface area contributed by atoms with Gasteiger partial charge in [0.1, 0.15) is 5.82 Å². The van der Waals surface area contributed by atoms with Crippen LogP contribution in [-0.4, -0.2) is 24.0 Å². The number of carbonyl (C=O) groups excluding carboxylic acids is 1. The van der Waals surface area contributed by atoms with Crippen LogP contribution >= 0.6 is 0 Å². The number of rotatable bonds is 4. The molecule has 126 valence electrons. The molecule has 5 heteroatoms. The Balaban J connectivity index is 1.64. The second kappa shape index (κ2) is 7.43. The van der Waals surface area contributed by atoms with Gasteiger partial charge in [0, 0.05) is 25.8 Å². The Morgan fingerprint density at radius 1 is 1.33 bits per heavy atom. The number of anilines is 1. The van der Waals surface area contributed by atoms with Gasteiger partial charge in [-0.25, -0.2) is 4.39 Å². The molecule has 4 nitrogen and oxygen atoms in total. The predicted molar refractivity (Wildman–Crippen MR) is 92.4 cm³/mol. The maximum absolute atomic E-state index is 12.9. The van der Waals surface area contributed by atoms with Crippen molar-refractivity contribution in [3.63, 3.8) is 0 Å². The first-order chi connectivity index (χ1) is 11.6. The summed E-state index contributed by atoms with van der Waals surface area (Å²) < 4.78 is 12.9. The molecule has 1 amide bonds. The van der Waals surface area contributed by atoms with Crippen LogP contribution < -0.4 is 10.2 Å². The first-order valence-corrected chi connectivity index (χ1v) is 8.34. The molecule has 24 heavy (non-hydrogen) atoms. The van der Waals surface area contributed by atoms with Crippen molar-refractivity contribution in [2.75, 3.05) is 18.0 Å². The molecule has 1 fully saturated rings. The quantitative estimate of drug-likeness (QED) is 0.936. The predicted octanol–water partition coefficient (Wildman–Crippen LogP) is 3.39. The fourth-order valence-electron chi connectivity index (χ4n) is 3.04. The fraction of sp³-hybridized carbons (Fsp3) is 0.368. The van der Waals surface area contributed by atoms with Gasteiger partial charge in [0.2, 0.25) is 0 Å². The van der Waals surface area contributed by atoms with Gasteiger partial charge in [-0.15, -0.1) is 0 Å². The third-order valence-corrected chi connectivity index (χ3v) is 4.37. The van der Waals surface area contributed by atoms with Crippen molar-refractivity contribution in [2.45, 2.75) is 26.3 Å². The number of piperidine rings is 1. The third kappa shape index (κ3) is 4.10. The summed E-state index contributed by atoms with van der Waals surface area (Å²) in [4.78, 5) is 18.9. The minimum Gasteiger partial charge on any atom is -0.370 e. The lowest BCUT2D eigenvalue weighted by molar-refractivity contribution is 0.0950. The molecule has 0 radical (unpaired) electrons. The second-order valence-electron chi connectivity index (χ2n) is 6.43. The van der Waals surface area contributed by atoms with E-state index in [0.717, 1.165) is 24.3 Å². The largest absolute Gasteiger partial charge is 0.370 e. The van der Waals surface area contributed by atoms with Crippen LogP contribution in [0.1, 0.15) is 35.7 Å². The molecule has 0 bridgehead atoms. The summed E-state index contributed by atoms with van der Waals surface area (Å²) in [5, 5.41) is 2.85.